The van der Waals surface area contributed by atoms with E-state index in [4.69, 9.17) is 4.74 Å². The second-order valence-electron chi connectivity index (χ2n) is 7.54. The highest BCUT2D eigenvalue weighted by Gasteiger charge is 2.25. The quantitative estimate of drug-likeness (QED) is 0.455. The van der Waals surface area contributed by atoms with Gasteiger partial charge in [-0.05, 0) is 25.8 Å². The normalized spacial score (nSPS) is 14.0. The molecular weight excluding hydrogens is 354 g/mol. The summed E-state index contributed by atoms with van der Waals surface area (Å²) in [6, 6.07) is 7.95. The maximum absolute atomic E-state index is 10.7. The summed E-state index contributed by atoms with van der Waals surface area (Å²) in [7, 11) is 1.83. The molecule has 7 nitrogen and oxygen atoms in total. The van der Waals surface area contributed by atoms with Crippen LogP contribution in [0.2, 0.25) is 0 Å². The first-order valence-electron chi connectivity index (χ1n) is 9.76. The molecule has 1 aromatic heterocycles. The van der Waals surface area contributed by atoms with E-state index in [2.05, 4.69) is 34.6 Å². The van der Waals surface area contributed by atoms with Crippen LogP contribution in [0.25, 0.3) is 0 Å². The van der Waals surface area contributed by atoms with Gasteiger partial charge in [-0.1, -0.05) is 32.0 Å². The minimum atomic E-state index is -1.05. The minimum Gasteiger partial charge on any atom is -0.493 e. The number of aryl methyl sites for hydroxylation is 1. The fraction of sp³-hybridized carbons (Fsp3) is 0.524. The van der Waals surface area contributed by atoms with Crippen LogP contribution in [0.15, 0.2) is 41.7 Å². The van der Waals surface area contributed by atoms with E-state index in [0.29, 0.717) is 31.6 Å². The Morgan fingerprint density at radius 3 is 2.71 bits per heavy atom. The first-order chi connectivity index (χ1) is 13.3. The number of aliphatic hydroxyl groups is 1. The van der Waals surface area contributed by atoms with Crippen molar-refractivity contribution in [2.75, 3.05) is 19.7 Å². The lowest BCUT2D eigenvalue weighted by Gasteiger charge is -2.23. The number of benzene rings is 1. The highest BCUT2D eigenvalue weighted by atomic mass is 16.5. The average Bonchev–Trinajstić information content (AvgIpc) is 3.10. The molecule has 0 saturated carbocycles. The number of guanidine groups is 1. The van der Waals surface area contributed by atoms with Crippen molar-refractivity contribution < 1.29 is 9.84 Å². The third kappa shape index (κ3) is 6.56. The maximum Gasteiger partial charge on any atom is 0.191 e. The van der Waals surface area contributed by atoms with E-state index < -0.39 is 5.60 Å². The highest BCUT2D eigenvalue weighted by Crippen LogP contribution is 2.20. The summed E-state index contributed by atoms with van der Waals surface area (Å²) in [4.78, 5) is 4.66. The zero-order chi connectivity index (χ0) is 20.6. The van der Waals surface area contributed by atoms with E-state index in [-0.39, 0.29) is 0 Å². The van der Waals surface area contributed by atoms with Crippen molar-refractivity contribution in [3.05, 3.63) is 47.8 Å². The predicted molar refractivity (Wildman–Crippen MR) is 112 cm³/mol. The van der Waals surface area contributed by atoms with Gasteiger partial charge in [-0.2, -0.15) is 5.10 Å². The lowest BCUT2D eigenvalue weighted by Crippen LogP contribution is -2.44. The SMILES string of the molecule is CCNC(=NCc1ccccc1OCC(C)C)NCC(C)(O)c1cnn(C)c1. The molecule has 0 bridgehead atoms. The molecule has 1 aromatic carbocycles. The van der Waals surface area contributed by atoms with Crippen LogP contribution in [0.3, 0.4) is 0 Å². The summed E-state index contributed by atoms with van der Waals surface area (Å²) >= 11 is 0. The molecule has 0 fully saturated rings. The molecule has 0 amide bonds. The largest absolute Gasteiger partial charge is 0.493 e. The number of nitrogens with one attached hydrogen (secondary N) is 2. The van der Waals surface area contributed by atoms with Gasteiger partial charge in [-0.15, -0.1) is 0 Å². The number of aliphatic imine (C=N–C) groups is 1. The van der Waals surface area contributed by atoms with Gasteiger partial charge in [0.1, 0.15) is 11.4 Å². The lowest BCUT2D eigenvalue weighted by atomic mass is 10.00. The topological polar surface area (TPSA) is 83.7 Å². The average molecular weight is 388 g/mol. The van der Waals surface area contributed by atoms with E-state index in [1.54, 1.807) is 17.8 Å². The summed E-state index contributed by atoms with van der Waals surface area (Å²) in [5.41, 5.74) is 0.730. The summed E-state index contributed by atoms with van der Waals surface area (Å²) in [5.74, 6) is 1.97. The van der Waals surface area contributed by atoms with Crippen molar-refractivity contribution in [2.45, 2.75) is 39.8 Å². The van der Waals surface area contributed by atoms with Crippen LogP contribution in [0.5, 0.6) is 5.75 Å². The maximum atomic E-state index is 10.7. The van der Waals surface area contributed by atoms with Gasteiger partial charge in [0.25, 0.3) is 0 Å². The molecule has 1 unspecified atom stereocenters. The Balaban J connectivity index is 2.04. The molecule has 1 atom stereocenters. The van der Waals surface area contributed by atoms with Crippen molar-refractivity contribution in [2.24, 2.45) is 18.0 Å². The Hall–Kier alpha value is -2.54. The van der Waals surface area contributed by atoms with Gasteiger partial charge in [-0.25, -0.2) is 4.99 Å². The van der Waals surface area contributed by atoms with E-state index in [1.807, 2.05) is 44.4 Å². The molecule has 2 aromatic rings. The minimum absolute atomic E-state index is 0.315. The van der Waals surface area contributed by atoms with Gasteiger partial charge in [0.05, 0.1) is 25.9 Å². The monoisotopic (exact) mass is 387 g/mol. The Kier molecular flexibility index (Phi) is 7.87. The summed E-state index contributed by atoms with van der Waals surface area (Å²) < 4.78 is 7.58. The van der Waals surface area contributed by atoms with Gasteiger partial charge in [-0.3, -0.25) is 4.68 Å². The Bertz CT molecular complexity index is 768. The third-order valence-corrected chi connectivity index (χ3v) is 4.22. The number of hydrogen-bond donors (Lipinski definition) is 3. The Morgan fingerprint density at radius 2 is 2.07 bits per heavy atom. The Labute approximate surface area is 167 Å². The second kappa shape index (κ2) is 10.1. The molecule has 0 saturated heterocycles. The van der Waals surface area contributed by atoms with Crippen molar-refractivity contribution in [3.8, 4) is 5.75 Å². The van der Waals surface area contributed by atoms with Crippen molar-refractivity contribution in [3.63, 3.8) is 0 Å². The first kappa shape index (κ1) is 21.8. The van der Waals surface area contributed by atoms with Crippen molar-refractivity contribution >= 4 is 5.96 Å². The smallest absolute Gasteiger partial charge is 0.191 e. The second-order valence-corrected chi connectivity index (χ2v) is 7.54. The molecule has 0 spiro atoms. The number of hydrogen-bond acceptors (Lipinski definition) is 4. The zero-order valence-electron chi connectivity index (χ0n) is 17.6. The molecule has 0 radical (unpaired) electrons. The standard InChI is InChI=1S/C21H33N5O2/c1-6-22-20(24-15-21(4,27)18-12-25-26(5)13-18)23-11-17-9-7-8-10-19(17)28-14-16(2)3/h7-10,12-13,16,27H,6,11,14-15H2,1-5H3,(H2,22,23,24). The van der Waals surface area contributed by atoms with Crippen LogP contribution in [0, 0.1) is 5.92 Å². The number of ether oxygens (including phenoxy) is 1. The van der Waals surface area contributed by atoms with Gasteiger partial charge in [0.2, 0.25) is 0 Å². The lowest BCUT2D eigenvalue weighted by molar-refractivity contribution is 0.0616. The van der Waals surface area contributed by atoms with Crippen molar-refractivity contribution in [1.82, 2.24) is 20.4 Å². The number of para-hydroxylation sites is 1. The van der Waals surface area contributed by atoms with E-state index in [1.165, 1.54) is 0 Å². The zero-order valence-corrected chi connectivity index (χ0v) is 17.6. The van der Waals surface area contributed by atoms with Gasteiger partial charge in [0, 0.05) is 30.9 Å². The third-order valence-electron chi connectivity index (χ3n) is 4.22. The van der Waals surface area contributed by atoms with E-state index in [0.717, 1.165) is 23.4 Å². The number of rotatable bonds is 9. The molecular formula is C21H33N5O2. The van der Waals surface area contributed by atoms with Gasteiger partial charge >= 0.3 is 0 Å². The summed E-state index contributed by atoms with van der Waals surface area (Å²) in [6.07, 6.45) is 3.49. The van der Waals surface area contributed by atoms with Gasteiger partial charge < -0.3 is 20.5 Å². The number of aromatic nitrogens is 2. The molecule has 0 aliphatic heterocycles. The van der Waals surface area contributed by atoms with Crippen LogP contribution >= 0.6 is 0 Å². The van der Waals surface area contributed by atoms with Crippen molar-refractivity contribution in [1.29, 1.82) is 0 Å². The van der Waals surface area contributed by atoms with E-state index >= 15 is 0 Å². The molecule has 0 aliphatic rings. The first-order valence-corrected chi connectivity index (χ1v) is 9.76. The molecule has 3 N–H and O–H groups in total. The van der Waals surface area contributed by atoms with Crippen LogP contribution < -0.4 is 15.4 Å². The van der Waals surface area contributed by atoms with Gasteiger partial charge in [0.15, 0.2) is 5.96 Å². The highest BCUT2D eigenvalue weighted by molar-refractivity contribution is 5.79. The van der Waals surface area contributed by atoms with Crippen LogP contribution in [-0.2, 0) is 19.2 Å². The fourth-order valence-corrected chi connectivity index (χ4v) is 2.59. The summed E-state index contributed by atoms with van der Waals surface area (Å²) in [6.45, 7) is 10.2. The molecule has 0 aliphatic carbocycles. The predicted octanol–water partition coefficient (Wildman–Crippen LogP) is 2.42. The molecule has 2 rings (SSSR count). The number of nitrogens with zero attached hydrogens (tertiary/aromatic N) is 3. The van der Waals surface area contributed by atoms with Crippen LogP contribution in [0.1, 0.15) is 38.8 Å². The summed E-state index contributed by atoms with van der Waals surface area (Å²) in [5, 5.41) is 21.3. The molecule has 28 heavy (non-hydrogen) atoms. The fourth-order valence-electron chi connectivity index (χ4n) is 2.59. The van der Waals surface area contributed by atoms with Crippen LogP contribution in [0.4, 0.5) is 0 Å². The molecule has 1 heterocycles. The molecule has 154 valence electrons. The Morgan fingerprint density at radius 1 is 1.32 bits per heavy atom. The molecule has 7 heteroatoms. The van der Waals surface area contributed by atoms with E-state index in [9.17, 15) is 5.11 Å². The van der Waals surface area contributed by atoms with Crippen LogP contribution in [-0.4, -0.2) is 40.5 Å².